The highest BCUT2D eigenvalue weighted by Crippen LogP contribution is 2.54. The van der Waals surface area contributed by atoms with Gasteiger partial charge >= 0.3 is 5.97 Å². The van der Waals surface area contributed by atoms with Crippen molar-refractivity contribution in [2.75, 3.05) is 0 Å². The van der Waals surface area contributed by atoms with E-state index >= 15 is 0 Å². The SMILES string of the molecule is C[C@]1(C(=O)O)Cc2sc(Br)cc2[C@H]1c1cccc(F)c1. The highest BCUT2D eigenvalue weighted by molar-refractivity contribution is 9.11. The molecule has 1 heterocycles. The standard InChI is InChI=1S/C15H12BrFO2S/c1-15(14(18)19)7-11-10(6-12(16)20-11)13(15)8-3-2-4-9(17)5-8/h2-6,13H,7H2,1H3,(H,18,19)/t13-,15+/m1/s1. The van der Waals surface area contributed by atoms with Crippen LogP contribution in [0.4, 0.5) is 4.39 Å². The number of halogens is 2. The van der Waals surface area contributed by atoms with Crippen LogP contribution in [0.15, 0.2) is 34.1 Å². The quantitative estimate of drug-likeness (QED) is 0.866. The first-order valence-electron chi connectivity index (χ1n) is 6.19. The molecule has 0 saturated heterocycles. The van der Waals surface area contributed by atoms with E-state index in [2.05, 4.69) is 15.9 Å². The van der Waals surface area contributed by atoms with Crippen molar-refractivity contribution in [3.63, 3.8) is 0 Å². The fourth-order valence-electron chi connectivity index (χ4n) is 3.00. The maximum Gasteiger partial charge on any atom is 0.310 e. The molecule has 2 aromatic rings. The highest BCUT2D eigenvalue weighted by Gasteiger charge is 2.50. The fourth-order valence-corrected chi connectivity index (χ4v) is 4.92. The van der Waals surface area contributed by atoms with Gasteiger partial charge < -0.3 is 5.11 Å². The van der Waals surface area contributed by atoms with Crippen LogP contribution >= 0.6 is 27.3 Å². The Balaban J connectivity index is 2.19. The Bertz CT molecular complexity index is 697. The van der Waals surface area contributed by atoms with Gasteiger partial charge in [0, 0.05) is 10.8 Å². The van der Waals surface area contributed by atoms with E-state index in [0.29, 0.717) is 6.42 Å². The van der Waals surface area contributed by atoms with E-state index < -0.39 is 11.4 Å². The van der Waals surface area contributed by atoms with Crippen LogP contribution in [-0.2, 0) is 11.2 Å². The van der Waals surface area contributed by atoms with Gasteiger partial charge in [-0.25, -0.2) is 4.39 Å². The van der Waals surface area contributed by atoms with Crippen LogP contribution in [-0.4, -0.2) is 11.1 Å². The largest absolute Gasteiger partial charge is 0.481 e. The number of hydrogen-bond donors (Lipinski definition) is 1. The smallest absolute Gasteiger partial charge is 0.310 e. The van der Waals surface area contributed by atoms with Crippen LogP contribution in [0, 0.1) is 11.2 Å². The molecule has 0 bridgehead atoms. The number of carbonyl (C=O) groups is 1. The van der Waals surface area contributed by atoms with E-state index in [9.17, 15) is 14.3 Å². The molecule has 1 aromatic heterocycles. The van der Waals surface area contributed by atoms with Gasteiger partial charge in [0.1, 0.15) is 5.82 Å². The second kappa shape index (κ2) is 4.67. The Morgan fingerprint density at radius 1 is 1.50 bits per heavy atom. The number of benzene rings is 1. The van der Waals surface area contributed by atoms with E-state index in [1.165, 1.54) is 12.1 Å². The third-order valence-corrected chi connectivity index (χ3v) is 5.61. The maximum absolute atomic E-state index is 13.5. The number of thiophene rings is 1. The first-order valence-corrected chi connectivity index (χ1v) is 7.80. The normalized spacial score (nSPS) is 24.6. The minimum Gasteiger partial charge on any atom is -0.481 e. The minimum absolute atomic E-state index is 0.312. The van der Waals surface area contributed by atoms with E-state index in [0.717, 1.165) is 19.8 Å². The number of fused-ring (bicyclic) bond motifs is 1. The van der Waals surface area contributed by atoms with Gasteiger partial charge in [0.25, 0.3) is 0 Å². The van der Waals surface area contributed by atoms with E-state index in [1.807, 2.05) is 6.07 Å². The van der Waals surface area contributed by atoms with E-state index in [-0.39, 0.29) is 11.7 Å². The summed E-state index contributed by atoms with van der Waals surface area (Å²) in [6.45, 7) is 1.74. The van der Waals surface area contributed by atoms with Crippen molar-refractivity contribution < 1.29 is 14.3 Å². The minimum atomic E-state index is -0.921. The summed E-state index contributed by atoms with van der Waals surface area (Å²) in [5, 5.41) is 9.63. The molecule has 0 spiro atoms. The van der Waals surface area contributed by atoms with Crippen LogP contribution < -0.4 is 0 Å². The number of rotatable bonds is 2. The summed E-state index contributed by atoms with van der Waals surface area (Å²) in [6.07, 6.45) is 0.481. The average Bonchev–Trinajstić information content (AvgIpc) is 2.81. The maximum atomic E-state index is 13.5. The van der Waals surface area contributed by atoms with Gasteiger partial charge in [-0.05, 0) is 58.6 Å². The average molecular weight is 355 g/mol. The highest BCUT2D eigenvalue weighted by atomic mass is 79.9. The van der Waals surface area contributed by atoms with Crippen LogP contribution in [0.3, 0.4) is 0 Å². The molecule has 1 aliphatic rings. The lowest BCUT2D eigenvalue weighted by Gasteiger charge is -2.28. The molecule has 1 aromatic carbocycles. The fraction of sp³-hybridized carbons (Fsp3) is 0.267. The molecule has 5 heteroatoms. The zero-order chi connectivity index (χ0) is 14.5. The predicted molar refractivity (Wildman–Crippen MR) is 79.7 cm³/mol. The molecule has 0 unspecified atom stereocenters. The molecule has 0 saturated carbocycles. The van der Waals surface area contributed by atoms with Gasteiger partial charge in [-0.15, -0.1) is 11.3 Å². The van der Waals surface area contributed by atoms with Gasteiger partial charge in [0.2, 0.25) is 0 Å². The second-order valence-corrected chi connectivity index (χ2v) is 7.83. The van der Waals surface area contributed by atoms with Crippen LogP contribution in [0.25, 0.3) is 0 Å². The monoisotopic (exact) mass is 354 g/mol. The predicted octanol–water partition coefficient (Wildman–Crippen LogP) is 4.43. The van der Waals surface area contributed by atoms with Crippen molar-refractivity contribution in [3.8, 4) is 0 Å². The lowest BCUT2D eigenvalue weighted by Crippen LogP contribution is -2.32. The van der Waals surface area contributed by atoms with Gasteiger partial charge in [-0.3, -0.25) is 4.79 Å². The third kappa shape index (κ3) is 2.00. The van der Waals surface area contributed by atoms with Crippen molar-refractivity contribution >= 4 is 33.2 Å². The number of aliphatic carboxylic acids is 1. The van der Waals surface area contributed by atoms with Gasteiger partial charge in [-0.2, -0.15) is 0 Å². The summed E-state index contributed by atoms with van der Waals surface area (Å²) in [7, 11) is 0. The molecule has 1 aliphatic carbocycles. The molecule has 20 heavy (non-hydrogen) atoms. The molecule has 0 radical (unpaired) electrons. The number of hydrogen-bond acceptors (Lipinski definition) is 2. The van der Waals surface area contributed by atoms with Gasteiger partial charge in [0.05, 0.1) is 9.20 Å². The molecule has 2 nitrogen and oxygen atoms in total. The Morgan fingerprint density at radius 2 is 2.25 bits per heavy atom. The summed E-state index contributed by atoms with van der Waals surface area (Å²) < 4.78 is 14.5. The second-order valence-electron chi connectivity index (χ2n) is 5.32. The van der Waals surface area contributed by atoms with Crippen molar-refractivity contribution in [1.29, 1.82) is 0 Å². The molecular formula is C15H12BrFO2S. The Kier molecular flexibility index (Phi) is 3.21. The van der Waals surface area contributed by atoms with E-state index in [4.69, 9.17) is 0 Å². The third-order valence-electron chi connectivity index (χ3n) is 3.96. The molecule has 1 N–H and O–H groups in total. The molecule has 104 valence electrons. The van der Waals surface area contributed by atoms with Crippen molar-refractivity contribution in [2.24, 2.45) is 5.41 Å². The van der Waals surface area contributed by atoms with Gasteiger partial charge in [-0.1, -0.05) is 12.1 Å². The van der Waals surface area contributed by atoms with Crippen molar-refractivity contribution in [2.45, 2.75) is 19.3 Å². The zero-order valence-electron chi connectivity index (χ0n) is 10.7. The number of carboxylic acid groups (broad SMARTS) is 1. The molecule has 3 rings (SSSR count). The molecular weight excluding hydrogens is 343 g/mol. The van der Waals surface area contributed by atoms with Crippen LogP contribution in [0.2, 0.25) is 0 Å². The molecule has 0 amide bonds. The zero-order valence-corrected chi connectivity index (χ0v) is 13.1. The summed E-state index contributed by atoms with van der Waals surface area (Å²) in [6, 6.07) is 8.21. The first-order chi connectivity index (χ1) is 9.41. The Labute approximate surface area is 128 Å². The van der Waals surface area contributed by atoms with Crippen LogP contribution in [0.5, 0.6) is 0 Å². The Morgan fingerprint density at radius 3 is 2.90 bits per heavy atom. The van der Waals surface area contributed by atoms with Crippen molar-refractivity contribution in [3.05, 3.63) is 55.9 Å². The van der Waals surface area contributed by atoms with Crippen molar-refractivity contribution in [1.82, 2.24) is 0 Å². The summed E-state index contributed by atoms with van der Waals surface area (Å²) in [5.74, 6) is -1.49. The molecule has 0 fully saturated rings. The summed E-state index contributed by atoms with van der Waals surface area (Å²) in [5.41, 5.74) is 0.798. The summed E-state index contributed by atoms with van der Waals surface area (Å²) in [4.78, 5) is 12.8. The topological polar surface area (TPSA) is 37.3 Å². The Hall–Kier alpha value is -1.20. The number of carboxylic acids is 1. The van der Waals surface area contributed by atoms with Crippen LogP contribution in [0.1, 0.15) is 28.8 Å². The van der Waals surface area contributed by atoms with E-state index in [1.54, 1.807) is 30.4 Å². The van der Waals surface area contributed by atoms with Gasteiger partial charge in [0.15, 0.2) is 0 Å². The molecule has 0 aliphatic heterocycles. The first kappa shape index (κ1) is 13.8. The summed E-state index contributed by atoms with van der Waals surface area (Å²) >= 11 is 5.00. The lowest BCUT2D eigenvalue weighted by molar-refractivity contribution is -0.148. The molecule has 2 atom stereocenters. The lowest BCUT2D eigenvalue weighted by atomic mass is 9.74.